The van der Waals surface area contributed by atoms with Gasteiger partial charge in [0.15, 0.2) is 5.78 Å². The molecule has 0 aliphatic heterocycles. The van der Waals surface area contributed by atoms with Crippen LogP contribution in [0.1, 0.15) is 43.0 Å². The molecule has 0 aliphatic carbocycles. The Morgan fingerprint density at radius 2 is 1.34 bits per heavy atom. The molecule has 0 fully saturated rings. The van der Waals surface area contributed by atoms with Gasteiger partial charge in [0.2, 0.25) is 5.30 Å². The van der Waals surface area contributed by atoms with E-state index in [1.807, 2.05) is 32.9 Å². The Labute approximate surface area is 180 Å². The molecule has 1 atom stereocenters. The minimum atomic E-state index is -2.59. The van der Waals surface area contributed by atoms with Crippen molar-refractivity contribution in [3.8, 4) is 0 Å². The van der Waals surface area contributed by atoms with Gasteiger partial charge in [-0.25, -0.2) is 4.79 Å². The van der Waals surface area contributed by atoms with E-state index in [1.54, 1.807) is 24.3 Å². The zero-order valence-electron chi connectivity index (χ0n) is 16.1. The Hall–Kier alpha value is -2.32. The second kappa shape index (κ2) is 8.59. The number of hydrogen-bond acceptors (Lipinski definition) is 3. The molecule has 1 unspecified atom stereocenters. The van der Waals surface area contributed by atoms with Crippen LogP contribution in [0.5, 0.6) is 0 Å². The molecule has 3 aromatic carbocycles. The van der Waals surface area contributed by atoms with E-state index < -0.39 is 13.3 Å². The molecule has 0 saturated heterocycles. The highest BCUT2D eigenvalue weighted by molar-refractivity contribution is 7.71. The number of carbonyl (C=O) groups excluding carboxylic acids is 2. The van der Waals surface area contributed by atoms with Gasteiger partial charge < -0.3 is 0 Å². The van der Waals surface area contributed by atoms with Crippen LogP contribution < -0.4 is 5.30 Å². The molecule has 0 radical (unpaired) electrons. The van der Waals surface area contributed by atoms with E-state index in [1.165, 1.54) is 18.2 Å². The molecule has 146 valence electrons. The molecule has 0 heterocycles. The van der Waals surface area contributed by atoms with Gasteiger partial charge in [-0.2, -0.15) is 0 Å². The number of rotatable bonds is 5. The van der Waals surface area contributed by atoms with Gasteiger partial charge in [-0.1, -0.05) is 58.1 Å². The minimum Gasteiger partial charge on any atom is -0.288 e. The Bertz CT molecular complexity index is 1150. The maximum atomic E-state index is 13.4. The minimum absolute atomic E-state index is 0.00196. The van der Waals surface area contributed by atoms with Crippen LogP contribution in [-0.2, 0) is 4.57 Å². The largest absolute Gasteiger partial charge is 0.459 e. The van der Waals surface area contributed by atoms with Gasteiger partial charge in [-0.05, 0) is 61.7 Å². The lowest BCUT2D eigenvalue weighted by molar-refractivity contribution is 0.103. The molecule has 0 bridgehead atoms. The predicted octanol–water partition coefficient (Wildman–Crippen LogP) is 6.44. The van der Waals surface area contributed by atoms with Crippen molar-refractivity contribution in [2.24, 2.45) is 0 Å². The van der Waals surface area contributed by atoms with E-state index in [0.717, 1.165) is 16.7 Å². The molecule has 6 heteroatoms. The second-order valence-electron chi connectivity index (χ2n) is 6.74. The van der Waals surface area contributed by atoms with Crippen molar-refractivity contribution in [3.05, 3.63) is 98.0 Å². The van der Waals surface area contributed by atoms with Crippen molar-refractivity contribution in [3.63, 3.8) is 0 Å². The van der Waals surface area contributed by atoms with Crippen LogP contribution in [0.25, 0.3) is 0 Å². The fraction of sp³-hybridized carbons (Fsp3) is 0.130. The molecule has 0 aliphatic rings. The molecular weight excluding hydrogens is 426 g/mol. The molecular formula is C23H18Cl2O3P+. The maximum absolute atomic E-state index is 13.4. The molecule has 29 heavy (non-hydrogen) atoms. The summed E-state index contributed by atoms with van der Waals surface area (Å²) < 4.78 is 13.2. The van der Waals surface area contributed by atoms with Crippen molar-refractivity contribution < 1.29 is 14.2 Å². The average molecular weight is 444 g/mol. The number of carbonyl (C=O) groups is 2. The summed E-state index contributed by atoms with van der Waals surface area (Å²) in [4.78, 5) is 26.3. The van der Waals surface area contributed by atoms with Gasteiger partial charge in [0.05, 0.1) is 15.6 Å². The van der Waals surface area contributed by atoms with Crippen molar-refractivity contribution in [2.75, 3.05) is 0 Å². The Kier molecular flexibility index (Phi) is 6.33. The third-order valence-corrected chi connectivity index (χ3v) is 6.95. The number of hydrogen-bond donors (Lipinski definition) is 0. The van der Waals surface area contributed by atoms with Gasteiger partial charge >= 0.3 is 13.3 Å². The Balaban J connectivity index is 2.11. The third-order valence-electron chi connectivity index (χ3n) is 4.90. The summed E-state index contributed by atoms with van der Waals surface area (Å²) in [5.41, 5.74) is 2.77. The molecule has 3 rings (SSSR count). The number of benzene rings is 3. The van der Waals surface area contributed by atoms with Gasteiger partial charge in [-0.15, -0.1) is 0 Å². The fourth-order valence-electron chi connectivity index (χ4n) is 3.19. The van der Waals surface area contributed by atoms with Gasteiger partial charge in [-0.3, -0.25) is 4.79 Å². The van der Waals surface area contributed by atoms with E-state index in [4.69, 9.17) is 23.2 Å². The molecule has 0 aromatic heterocycles. The van der Waals surface area contributed by atoms with E-state index >= 15 is 0 Å². The lowest BCUT2D eigenvalue weighted by Gasteiger charge is -2.11. The monoisotopic (exact) mass is 443 g/mol. The van der Waals surface area contributed by atoms with Crippen LogP contribution in [0.4, 0.5) is 0 Å². The standard InChI is InChI=1S/C23H18Cl2O3P/c1-13-11-12-14(2)20(15(13)3)22(26)16-7-4-5-10-19(16)29(28)23(27)21-17(24)8-6-9-18(21)25/h4-12H,1-3H3/q+1. The molecule has 3 aromatic rings. The molecule has 0 saturated carbocycles. The van der Waals surface area contributed by atoms with Crippen LogP contribution in [-0.4, -0.2) is 11.3 Å². The first-order valence-corrected chi connectivity index (χ1v) is 10.9. The zero-order chi connectivity index (χ0) is 21.3. The number of ketones is 1. The average Bonchev–Trinajstić information content (AvgIpc) is 2.70. The van der Waals surface area contributed by atoms with E-state index in [0.29, 0.717) is 5.56 Å². The summed E-state index contributed by atoms with van der Waals surface area (Å²) in [6.07, 6.45) is 0. The molecule has 0 N–H and O–H groups in total. The normalized spacial score (nSPS) is 11.3. The zero-order valence-corrected chi connectivity index (χ0v) is 18.5. The summed E-state index contributed by atoms with van der Waals surface area (Å²) in [5.74, 6) is -0.263. The quantitative estimate of drug-likeness (QED) is 0.336. The summed E-state index contributed by atoms with van der Waals surface area (Å²) >= 11 is 12.2. The van der Waals surface area contributed by atoms with Crippen molar-refractivity contribution >= 4 is 47.6 Å². The first-order valence-electron chi connectivity index (χ1n) is 8.90. The molecule has 3 nitrogen and oxygen atoms in total. The van der Waals surface area contributed by atoms with Crippen LogP contribution in [0, 0.1) is 20.8 Å². The van der Waals surface area contributed by atoms with E-state index in [9.17, 15) is 14.2 Å². The first-order chi connectivity index (χ1) is 13.7. The predicted molar refractivity (Wildman–Crippen MR) is 119 cm³/mol. The number of halogens is 2. The lowest BCUT2D eigenvalue weighted by Crippen LogP contribution is -2.18. The highest BCUT2D eigenvalue weighted by atomic mass is 35.5. The SMILES string of the molecule is Cc1ccc(C)c(C(=O)c2ccccc2[P+](=O)C(=O)c2c(Cl)cccc2Cl)c1C. The summed E-state index contributed by atoms with van der Waals surface area (Å²) in [6, 6.07) is 14.9. The van der Waals surface area contributed by atoms with E-state index in [-0.39, 0.29) is 32.3 Å². The lowest BCUT2D eigenvalue weighted by atomic mass is 9.92. The van der Waals surface area contributed by atoms with Crippen LogP contribution >= 0.6 is 31.0 Å². The van der Waals surface area contributed by atoms with Crippen LogP contribution in [0.3, 0.4) is 0 Å². The first kappa shape index (κ1) is 21.4. The summed E-state index contributed by atoms with van der Waals surface area (Å²) in [7, 11) is -2.59. The van der Waals surface area contributed by atoms with E-state index in [2.05, 4.69) is 0 Å². The molecule has 0 spiro atoms. The van der Waals surface area contributed by atoms with Crippen molar-refractivity contribution in [1.82, 2.24) is 0 Å². The summed E-state index contributed by atoms with van der Waals surface area (Å²) in [6.45, 7) is 5.67. The van der Waals surface area contributed by atoms with Gasteiger partial charge in [0, 0.05) is 5.56 Å². The second-order valence-corrected chi connectivity index (χ2v) is 9.03. The van der Waals surface area contributed by atoms with Crippen molar-refractivity contribution in [1.29, 1.82) is 0 Å². The highest BCUT2D eigenvalue weighted by Crippen LogP contribution is 2.35. The van der Waals surface area contributed by atoms with Crippen LogP contribution in [0.2, 0.25) is 10.0 Å². The topological polar surface area (TPSA) is 51.2 Å². The van der Waals surface area contributed by atoms with Gasteiger partial charge in [0.25, 0.3) is 0 Å². The Morgan fingerprint density at radius 3 is 2.00 bits per heavy atom. The van der Waals surface area contributed by atoms with Crippen LogP contribution in [0.15, 0.2) is 54.6 Å². The highest BCUT2D eigenvalue weighted by Gasteiger charge is 2.39. The van der Waals surface area contributed by atoms with Crippen molar-refractivity contribution in [2.45, 2.75) is 20.8 Å². The summed E-state index contributed by atoms with van der Waals surface area (Å²) in [5, 5.41) is 0.425. The smallest absolute Gasteiger partial charge is 0.288 e. The Morgan fingerprint density at radius 1 is 0.759 bits per heavy atom. The fourth-order valence-corrected chi connectivity index (χ4v) is 5.17. The third kappa shape index (κ3) is 4.04. The molecule has 0 amide bonds. The number of aryl methyl sites for hydroxylation is 2. The maximum Gasteiger partial charge on any atom is 0.459 e. The van der Waals surface area contributed by atoms with Gasteiger partial charge in [0.1, 0.15) is 5.56 Å².